The monoisotopic (exact) mass is 1130 g/mol. The van der Waals surface area contributed by atoms with E-state index in [2.05, 4.69) is 257 Å². The van der Waals surface area contributed by atoms with E-state index in [-0.39, 0.29) is 11.0 Å². The molecule has 0 radical (unpaired) electrons. The average Bonchev–Trinajstić information content (AvgIpc) is 4.18. The molecule has 5 aromatic heterocycles. The van der Waals surface area contributed by atoms with E-state index in [0.29, 0.717) is 0 Å². The number of aryl methyl sites for hydroxylation is 1. The van der Waals surface area contributed by atoms with Crippen molar-refractivity contribution in [1.82, 2.24) is 39.7 Å². The van der Waals surface area contributed by atoms with Crippen LogP contribution in [0.25, 0.3) is 0 Å². The van der Waals surface area contributed by atoms with E-state index >= 15 is 0 Å². The summed E-state index contributed by atoms with van der Waals surface area (Å²) in [6.07, 6.45) is 16.3. The zero-order valence-corrected chi connectivity index (χ0v) is 61.7. The van der Waals surface area contributed by atoms with Crippen LogP contribution >= 0.6 is 11.3 Å². The molecule has 5 heterocycles. The maximum atomic E-state index is 4.33. The lowest BCUT2D eigenvalue weighted by Crippen LogP contribution is -2.25. The largest absolute Gasteiger partial charge is 0.365 e. The first-order valence-electron chi connectivity index (χ1n) is 30.4. The Labute approximate surface area is 498 Å². The first kappa shape index (κ1) is 106. The molecule has 0 saturated carbocycles. The lowest BCUT2D eigenvalue weighted by molar-refractivity contribution is 0.339. The molecule has 0 aliphatic rings. The van der Waals surface area contributed by atoms with Gasteiger partial charge in [-0.05, 0) is 87.3 Å². The maximum absolute atomic E-state index is 4.33. The van der Waals surface area contributed by atoms with Crippen LogP contribution in [0.2, 0.25) is 0 Å². The Morgan fingerprint density at radius 1 is 0.474 bits per heavy atom. The number of pyridine rings is 1. The number of nitrogens with zero attached hydrogens (tertiary/aromatic N) is 8. The molecular formula is C68H148N8OS. The van der Waals surface area contributed by atoms with Gasteiger partial charge in [0.05, 0.1) is 35.0 Å². The highest BCUT2D eigenvalue weighted by Gasteiger charge is 2.26. The van der Waals surface area contributed by atoms with Gasteiger partial charge in [0.15, 0.2) is 0 Å². The van der Waals surface area contributed by atoms with Crippen LogP contribution in [0.5, 0.6) is 0 Å². The summed E-state index contributed by atoms with van der Waals surface area (Å²) < 4.78 is 8.22. The van der Waals surface area contributed by atoms with Gasteiger partial charge in [0.2, 0.25) is 0 Å². The summed E-state index contributed by atoms with van der Waals surface area (Å²) in [5, 5.41) is 13.8. The van der Waals surface area contributed by atoms with Crippen molar-refractivity contribution in [2.75, 3.05) is 0 Å². The van der Waals surface area contributed by atoms with Gasteiger partial charge in [-0.1, -0.05) is 279 Å². The smallest absolute Gasteiger partial charge is 0.123 e. The minimum atomic E-state index is 0.0145. The second-order valence-electron chi connectivity index (χ2n) is 23.0. The van der Waals surface area contributed by atoms with Gasteiger partial charge in [-0.25, -0.2) is 9.67 Å². The highest BCUT2D eigenvalue weighted by molar-refractivity contribution is 7.07. The van der Waals surface area contributed by atoms with Crippen LogP contribution in [0.4, 0.5) is 0 Å². The molecular weight excluding hydrogens is 977 g/mol. The third-order valence-electron chi connectivity index (χ3n) is 4.14. The highest BCUT2D eigenvalue weighted by Crippen LogP contribution is 2.25. The Balaban J connectivity index is -0.0000000539. The summed E-state index contributed by atoms with van der Waals surface area (Å²) in [5.74, 6) is 5.83. The van der Waals surface area contributed by atoms with E-state index in [1.165, 1.54) is 24.8 Å². The molecule has 0 bridgehead atoms. The van der Waals surface area contributed by atoms with Crippen LogP contribution in [-0.2, 0) is 18.0 Å². The topological polar surface area (TPSA) is 100 Å². The summed E-state index contributed by atoms with van der Waals surface area (Å²) in [6, 6.07) is 7.44. The van der Waals surface area contributed by atoms with Gasteiger partial charge >= 0.3 is 0 Å². The number of rotatable bonds is 0. The molecule has 0 unspecified atom stereocenters. The van der Waals surface area contributed by atoms with E-state index in [9.17, 15) is 0 Å². The summed E-state index contributed by atoms with van der Waals surface area (Å²) in [5.41, 5.74) is 4.14. The van der Waals surface area contributed by atoms with Gasteiger partial charge < -0.3 is 9.09 Å². The summed E-state index contributed by atoms with van der Waals surface area (Å²) >= 11 is 1.60. The molecule has 0 saturated heterocycles. The van der Waals surface area contributed by atoms with Gasteiger partial charge in [-0.15, -0.1) is 16.4 Å². The van der Waals surface area contributed by atoms with Crippen LogP contribution < -0.4 is 0 Å². The van der Waals surface area contributed by atoms with Crippen molar-refractivity contribution in [1.29, 1.82) is 0 Å². The normalized spacial score (nSPS) is 8.72. The van der Waals surface area contributed by atoms with Crippen molar-refractivity contribution in [3.8, 4) is 0 Å². The summed E-state index contributed by atoms with van der Waals surface area (Å²) in [7, 11) is 1.94. The number of hydrogen-bond donors (Lipinski definition) is 0. The Morgan fingerprint density at radius 3 is 0.897 bits per heavy atom. The average molecular weight is 1130 g/mol. The standard InChI is InChI=1S/C11H21N3.C5H5N.C4H6N2.7C4H10.C3H3NO.C3H3NS.2C3H8.4C2H6/c1-8-9(10(2,3)4)12-13-14(8)11(5,6)7;1-2-4-6-5-3-1;1-6-3-2-5-4-6;7*1-4(2)3;1-2-4-5-3-1;1-2-5-3-4-1;2*1-3-2;4*1-2/h1-7H3;1-5H;2-4H,1H3;7*4H,1-3H3;2*1-3H;2*3H2,1-2H3;4*1-2H3. The fourth-order valence-corrected chi connectivity index (χ4v) is 3.00. The van der Waals surface area contributed by atoms with E-state index in [1.54, 1.807) is 60.2 Å². The van der Waals surface area contributed by atoms with Gasteiger partial charge in [-0.3, -0.25) is 9.97 Å². The van der Waals surface area contributed by atoms with Crippen molar-refractivity contribution in [2.45, 2.75) is 301 Å². The molecule has 5 rings (SSSR count). The molecule has 0 atom stereocenters. The third-order valence-corrected chi connectivity index (χ3v) is 4.66. The first-order valence-corrected chi connectivity index (χ1v) is 31.3. The summed E-state index contributed by atoms with van der Waals surface area (Å²) in [6.45, 7) is 85.0. The van der Waals surface area contributed by atoms with Crippen LogP contribution in [0, 0.1) is 48.3 Å². The number of aromatic nitrogens is 8. The molecule has 78 heavy (non-hydrogen) atoms. The Morgan fingerprint density at radius 2 is 0.808 bits per heavy atom. The van der Waals surface area contributed by atoms with Gasteiger partial charge in [-0.2, -0.15) is 0 Å². The zero-order valence-electron chi connectivity index (χ0n) is 60.9. The summed E-state index contributed by atoms with van der Waals surface area (Å²) in [4.78, 5) is 11.3. The van der Waals surface area contributed by atoms with Crippen LogP contribution in [-0.4, -0.2) is 39.7 Å². The van der Waals surface area contributed by atoms with E-state index in [1.807, 2.05) is 101 Å². The van der Waals surface area contributed by atoms with Crippen molar-refractivity contribution >= 4 is 11.3 Å². The molecule has 0 aliphatic carbocycles. The van der Waals surface area contributed by atoms with Crippen LogP contribution in [0.15, 0.2) is 89.5 Å². The quantitative estimate of drug-likeness (QED) is 0.152. The Hall–Kier alpha value is -3.66. The highest BCUT2D eigenvalue weighted by atomic mass is 32.1. The molecule has 0 amide bonds. The van der Waals surface area contributed by atoms with E-state index < -0.39 is 0 Å². The molecule has 472 valence electrons. The van der Waals surface area contributed by atoms with Crippen molar-refractivity contribution in [2.24, 2.45) is 48.5 Å². The fraction of sp³-hybridized carbons (Fsp3) is 0.765. The molecule has 0 fully saturated rings. The van der Waals surface area contributed by atoms with E-state index in [0.717, 1.165) is 47.1 Å². The predicted octanol–water partition coefficient (Wildman–Crippen LogP) is 24.5. The second kappa shape index (κ2) is 89.9. The van der Waals surface area contributed by atoms with Crippen molar-refractivity contribution < 1.29 is 4.52 Å². The number of imidazole rings is 1. The second-order valence-corrected chi connectivity index (χ2v) is 23.8. The van der Waals surface area contributed by atoms with Gasteiger partial charge in [0.1, 0.15) is 6.26 Å². The Bertz CT molecular complexity index is 1280. The van der Waals surface area contributed by atoms with Crippen molar-refractivity contribution in [3.63, 3.8) is 0 Å². The van der Waals surface area contributed by atoms with Crippen LogP contribution in [0.3, 0.4) is 0 Å². The molecule has 0 spiro atoms. The minimum Gasteiger partial charge on any atom is -0.365 e. The molecule has 9 nitrogen and oxygen atoms in total. The Kier molecular flexibility index (Phi) is 122. The maximum Gasteiger partial charge on any atom is 0.123 e. The SMILES string of the molecule is CC.CC.CC.CC.CC(C)C.CC(C)C.CC(C)C.CC(C)C.CC(C)C.CC(C)C.CC(C)C.CCC.CCC.Cc1c(C(C)(C)C)nnn1C(C)(C)C.Cn1ccnc1.c1ccncc1.c1cnoc1.c1cscn1. The van der Waals surface area contributed by atoms with Crippen LogP contribution in [0.1, 0.15) is 294 Å². The third kappa shape index (κ3) is 187. The van der Waals surface area contributed by atoms with E-state index in [4.69, 9.17) is 0 Å². The molecule has 0 N–H and O–H groups in total. The molecule has 5 aromatic rings. The molecule has 10 heteroatoms. The lowest BCUT2D eigenvalue weighted by atomic mass is 9.91. The van der Waals surface area contributed by atoms with Crippen molar-refractivity contribution in [3.05, 3.63) is 96.3 Å². The predicted molar refractivity (Wildman–Crippen MR) is 365 cm³/mol. The molecule has 0 aliphatic heterocycles. The first-order chi connectivity index (χ1) is 36.0. The minimum absolute atomic E-state index is 0.0145. The lowest BCUT2D eigenvalue weighted by Gasteiger charge is -2.22. The molecule has 0 aromatic carbocycles. The fourth-order valence-electron chi connectivity index (χ4n) is 2.65. The van der Waals surface area contributed by atoms with Gasteiger partial charge in [0, 0.05) is 48.8 Å². The number of hydrogen-bond acceptors (Lipinski definition) is 8. The zero-order chi connectivity index (χ0) is 65.3. The van der Waals surface area contributed by atoms with Gasteiger partial charge in [0.25, 0.3) is 0 Å². The number of thiazole rings is 1.